The van der Waals surface area contributed by atoms with Crippen LogP contribution in [0.25, 0.3) is 11.0 Å². The standard InChI is InChI=1S/C10H12BrN3/c11-5-2-7-13-14-8-4-9-3-1-6-12-10(9)14/h1,3-4,6,8,13H,2,5,7H2. The van der Waals surface area contributed by atoms with Gasteiger partial charge in [-0.2, -0.15) is 0 Å². The molecule has 0 saturated carbocycles. The van der Waals surface area contributed by atoms with Crippen LogP contribution in [0.1, 0.15) is 6.42 Å². The van der Waals surface area contributed by atoms with E-state index in [2.05, 4.69) is 38.5 Å². The van der Waals surface area contributed by atoms with Crippen molar-refractivity contribution in [3.05, 3.63) is 30.6 Å². The zero-order valence-corrected chi connectivity index (χ0v) is 9.37. The first kappa shape index (κ1) is 9.52. The Balaban J connectivity index is 2.17. The summed E-state index contributed by atoms with van der Waals surface area (Å²) in [7, 11) is 0. The summed E-state index contributed by atoms with van der Waals surface area (Å²) >= 11 is 3.40. The van der Waals surface area contributed by atoms with Crippen LogP contribution in [-0.2, 0) is 0 Å². The number of halogens is 1. The predicted octanol–water partition coefficient (Wildman–Crippen LogP) is 2.36. The fourth-order valence-corrected chi connectivity index (χ4v) is 1.64. The number of hydrogen-bond donors (Lipinski definition) is 1. The first-order chi connectivity index (χ1) is 6.92. The molecule has 0 amide bonds. The van der Waals surface area contributed by atoms with Gasteiger partial charge in [0, 0.05) is 29.7 Å². The van der Waals surface area contributed by atoms with Crippen LogP contribution in [0.15, 0.2) is 30.6 Å². The smallest absolute Gasteiger partial charge is 0.158 e. The number of rotatable bonds is 4. The van der Waals surface area contributed by atoms with Gasteiger partial charge in [-0.3, -0.25) is 0 Å². The number of aromatic nitrogens is 2. The average molecular weight is 254 g/mol. The van der Waals surface area contributed by atoms with Crippen molar-refractivity contribution in [1.29, 1.82) is 0 Å². The minimum atomic E-state index is 0.950. The number of nitrogens with one attached hydrogen (secondary N) is 1. The number of pyridine rings is 1. The summed E-state index contributed by atoms with van der Waals surface area (Å²) in [6.45, 7) is 0.950. The summed E-state index contributed by atoms with van der Waals surface area (Å²) in [5, 5.41) is 2.19. The molecule has 0 unspecified atom stereocenters. The zero-order chi connectivity index (χ0) is 9.80. The number of fused-ring (bicyclic) bond motifs is 1. The van der Waals surface area contributed by atoms with Crippen molar-refractivity contribution in [2.24, 2.45) is 0 Å². The van der Waals surface area contributed by atoms with Gasteiger partial charge in [0.05, 0.1) is 0 Å². The highest BCUT2D eigenvalue weighted by Crippen LogP contribution is 2.10. The Bertz CT molecular complexity index is 410. The van der Waals surface area contributed by atoms with Crippen LogP contribution >= 0.6 is 15.9 Å². The van der Waals surface area contributed by atoms with Crippen molar-refractivity contribution in [3.63, 3.8) is 0 Å². The lowest BCUT2D eigenvalue weighted by Crippen LogP contribution is -2.15. The maximum absolute atomic E-state index is 4.31. The van der Waals surface area contributed by atoms with Crippen molar-refractivity contribution >= 4 is 27.0 Å². The van der Waals surface area contributed by atoms with Gasteiger partial charge in [-0.05, 0) is 24.6 Å². The Morgan fingerprint density at radius 3 is 3.21 bits per heavy atom. The first-order valence-corrected chi connectivity index (χ1v) is 5.76. The van der Waals surface area contributed by atoms with Gasteiger partial charge in [-0.25, -0.2) is 9.66 Å². The molecule has 4 heteroatoms. The number of nitrogens with zero attached hydrogens (tertiary/aromatic N) is 2. The van der Waals surface area contributed by atoms with Crippen LogP contribution in [0.4, 0.5) is 0 Å². The molecule has 0 aliphatic heterocycles. The van der Waals surface area contributed by atoms with Gasteiger partial charge in [-0.1, -0.05) is 15.9 Å². The predicted molar refractivity (Wildman–Crippen MR) is 62.4 cm³/mol. The van der Waals surface area contributed by atoms with Crippen molar-refractivity contribution < 1.29 is 0 Å². The highest BCUT2D eigenvalue weighted by atomic mass is 79.9. The van der Waals surface area contributed by atoms with Crippen molar-refractivity contribution in [1.82, 2.24) is 9.66 Å². The summed E-state index contributed by atoms with van der Waals surface area (Å²) < 4.78 is 1.97. The lowest BCUT2D eigenvalue weighted by atomic mass is 10.3. The third kappa shape index (κ3) is 1.90. The minimum Gasteiger partial charge on any atom is -0.324 e. The van der Waals surface area contributed by atoms with Crippen molar-refractivity contribution in [3.8, 4) is 0 Å². The molecule has 2 heterocycles. The molecule has 74 valence electrons. The molecule has 0 bridgehead atoms. The molecule has 0 atom stereocenters. The van der Waals surface area contributed by atoms with Gasteiger partial charge in [0.15, 0.2) is 5.65 Å². The van der Waals surface area contributed by atoms with E-state index < -0.39 is 0 Å². The maximum atomic E-state index is 4.31. The van der Waals surface area contributed by atoms with Crippen molar-refractivity contribution in [2.45, 2.75) is 6.42 Å². The lowest BCUT2D eigenvalue weighted by molar-refractivity contribution is 0.832. The Kier molecular flexibility index (Phi) is 3.03. The van der Waals surface area contributed by atoms with E-state index in [-0.39, 0.29) is 0 Å². The van der Waals surface area contributed by atoms with Crippen LogP contribution in [0.3, 0.4) is 0 Å². The topological polar surface area (TPSA) is 29.9 Å². The van der Waals surface area contributed by atoms with Crippen LogP contribution in [0, 0.1) is 0 Å². The van der Waals surface area contributed by atoms with Gasteiger partial charge < -0.3 is 5.43 Å². The number of alkyl halides is 1. The summed E-state index contributed by atoms with van der Waals surface area (Å²) in [5.74, 6) is 0. The van der Waals surface area contributed by atoms with E-state index in [4.69, 9.17) is 0 Å². The first-order valence-electron chi connectivity index (χ1n) is 4.64. The summed E-state index contributed by atoms with van der Waals surface area (Å²) in [5.41, 5.74) is 4.28. The minimum absolute atomic E-state index is 0.950. The average Bonchev–Trinajstić information content (AvgIpc) is 2.63. The van der Waals surface area contributed by atoms with E-state index in [1.807, 2.05) is 23.1 Å². The van der Waals surface area contributed by atoms with E-state index in [1.165, 1.54) is 5.39 Å². The Morgan fingerprint density at radius 1 is 1.43 bits per heavy atom. The lowest BCUT2D eigenvalue weighted by Gasteiger charge is -2.06. The molecule has 2 aromatic heterocycles. The maximum Gasteiger partial charge on any atom is 0.158 e. The van der Waals surface area contributed by atoms with Crippen LogP contribution in [-0.4, -0.2) is 21.5 Å². The second-order valence-corrected chi connectivity index (χ2v) is 3.85. The SMILES string of the molecule is BrCCCNn1ccc2cccnc21. The van der Waals surface area contributed by atoms with E-state index in [0.29, 0.717) is 0 Å². The van der Waals surface area contributed by atoms with Gasteiger partial charge >= 0.3 is 0 Å². The van der Waals surface area contributed by atoms with Gasteiger partial charge in [-0.15, -0.1) is 0 Å². The van der Waals surface area contributed by atoms with E-state index in [9.17, 15) is 0 Å². The monoisotopic (exact) mass is 253 g/mol. The zero-order valence-electron chi connectivity index (χ0n) is 7.78. The fourth-order valence-electron chi connectivity index (χ4n) is 1.36. The largest absolute Gasteiger partial charge is 0.324 e. The van der Waals surface area contributed by atoms with Crippen molar-refractivity contribution in [2.75, 3.05) is 17.3 Å². The van der Waals surface area contributed by atoms with Crippen LogP contribution < -0.4 is 5.43 Å². The molecule has 0 aromatic carbocycles. The molecule has 0 aliphatic rings. The highest BCUT2D eigenvalue weighted by molar-refractivity contribution is 9.09. The summed E-state index contributed by atoms with van der Waals surface area (Å²) in [6, 6.07) is 6.07. The molecule has 0 saturated heterocycles. The normalized spacial score (nSPS) is 10.6. The fraction of sp³-hybridized carbons (Fsp3) is 0.300. The summed E-state index contributed by atoms with van der Waals surface area (Å²) in [4.78, 5) is 4.31. The molecule has 2 aromatic rings. The molecule has 0 aliphatic carbocycles. The Hall–Kier alpha value is -1.03. The highest BCUT2D eigenvalue weighted by Gasteiger charge is 1.98. The van der Waals surface area contributed by atoms with Crippen LogP contribution in [0.5, 0.6) is 0 Å². The quantitative estimate of drug-likeness (QED) is 0.670. The third-order valence-corrected chi connectivity index (χ3v) is 2.60. The van der Waals surface area contributed by atoms with Gasteiger partial charge in [0.2, 0.25) is 0 Å². The van der Waals surface area contributed by atoms with Gasteiger partial charge in [0.1, 0.15) is 0 Å². The Labute approximate surface area is 91.2 Å². The molecule has 0 radical (unpaired) electrons. The molecule has 0 fully saturated rings. The molecule has 1 N–H and O–H groups in total. The second-order valence-electron chi connectivity index (χ2n) is 3.05. The molecule has 0 spiro atoms. The third-order valence-electron chi connectivity index (χ3n) is 2.04. The molecule has 3 nitrogen and oxygen atoms in total. The molecular weight excluding hydrogens is 242 g/mol. The van der Waals surface area contributed by atoms with Crippen LogP contribution in [0.2, 0.25) is 0 Å². The molecular formula is C10H12BrN3. The van der Waals surface area contributed by atoms with E-state index in [0.717, 1.165) is 23.9 Å². The number of hydrogen-bond acceptors (Lipinski definition) is 2. The Morgan fingerprint density at radius 2 is 2.36 bits per heavy atom. The molecule has 14 heavy (non-hydrogen) atoms. The second kappa shape index (κ2) is 4.46. The van der Waals surface area contributed by atoms with Gasteiger partial charge in [0.25, 0.3) is 0 Å². The van der Waals surface area contributed by atoms with E-state index >= 15 is 0 Å². The molecule has 2 rings (SSSR count). The summed E-state index contributed by atoms with van der Waals surface area (Å²) in [6.07, 6.45) is 4.92. The van der Waals surface area contributed by atoms with E-state index in [1.54, 1.807) is 0 Å².